The largest absolute Gasteiger partial charge is 0.350 e. The van der Waals surface area contributed by atoms with Crippen molar-refractivity contribution in [3.8, 4) is 0 Å². The molecule has 0 saturated carbocycles. The van der Waals surface area contributed by atoms with Gasteiger partial charge in [-0.15, -0.1) is 0 Å². The summed E-state index contributed by atoms with van der Waals surface area (Å²) >= 11 is 0. The van der Waals surface area contributed by atoms with E-state index in [1.54, 1.807) is 13.8 Å². The Morgan fingerprint density at radius 1 is 1.21 bits per heavy atom. The van der Waals surface area contributed by atoms with Crippen molar-refractivity contribution in [3.63, 3.8) is 0 Å². The van der Waals surface area contributed by atoms with Gasteiger partial charge in [-0.1, -0.05) is 0 Å². The van der Waals surface area contributed by atoms with Gasteiger partial charge in [-0.25, -0.2) is 8.78 Å². The average molecular weight is 199 g/mol. The number of nitrogens with one attached hydrogen (secondary N) is 1. The van der Waals surface area contributed by atoms with E-state index in [4.69, 9.17) is 0 Å². The van der Waals surface area contributed by atoms with Crippen LogP contribution in [0, 0.1) is 11.6 Å². The molecule has 4 heteroatoms. The second kappa shape index (κ2) is 4.17. The number of rotatable bonds is 2. The monoisotopic (exact) mass is 199 g/mol. The van der Waals surface area contributed by atoms with Gasteiger partial charge in [0.2, 0.25) is 0 Å². The van der Waals surface area contributed by atoms with E-state index in [1.165, 1.54) is 0 Å². The first-order chi connectivity index (χ1) is 6.49. The first-order valence-corrected chi connectivity index (χ1v) is 4.26. The molecule has 0 bridgehead atoms. The van der Waals surface area contributed by atoms with Gasteiger partial charge in [0.15, 0.2) is 0 Å². The van der Waals surface area contributed by atoms with Crippen LogP contribution in [-0.4, -0.2) is 11.9 Å². The highest BCUT2D eigenvalue weighted by atomic mass is 19.1. The quantitative estimate of drug-likeness (QED) is 0.776. The molecule has 0 aliphatic rings. The first-order valence-electron chi connectivity index (χ1n) is 4.26. The van der Waals surface area contributed by atoms with E-state index < -0.39 is 17.5 Å². The SMILES string of the molecule is CC(C)NC(=O)c1cc(F)cc(F)c1. The van der Waals surface area contributed by atoms with Crippen LogP contribution in [0.15, 0.2) is 18.2 Å². The van der Waals surface area contributed by atoms with Crippen LogP contribution in [0.4, 0.5) is 8.78 Å². The summed E-state index contributed by atoms with van der Waals surface area (Å²) in [4.78, 5) is 11.3. The fourth-order valence-corrected chi connectivity index (χ4v) is 1.03. The number of benzene rings is 1. The zero-order valence-corrected chi connectivity index (χ0v) is 7.97. The molecular formula is C10H11F2NO. The van der Waals surface area contributed by atoms with Gasteiger partial charge in [-0.05, 0) is 26.0 Å². The van der Waals surface area contributed by atoms with Crippen molar-refractivity contribution in [1.82, 2.24) is 5.32 Å². The van der Waals surface area contributed by atoms with Gasteiger partial charge in [-0.2, -0.15) is 0 Å². The van der Waals surface area contributed by atoms with Crippen molar-refractivity contribution in [3.05, 3.63) is 35.4 Å². The predicted octanol–water partition coefficient (Wildman–Crippen LogP) is 2.10. The van der Waals surface area contributed by atoms with Crippen molar-refractivity contribution >= 4 is 5.91 Å². The second-order valence-corrected chi connectivity index (χ2v) is 3.29. The summed E-state index contributed by atoms with van der Waals surface area (Å²) in [5.74, 6) is -1.98. The molecule has 0 aromatic heterocycles. The maximum Gasteiger partial charge on any atom is 0.251 e. The van der Waals surface area contributed by atoms with Crippen molar-refractivity contribution in [2.75, 3.05) is 0 Å². The van der Waals surface area contributed by atoms with Crippen molar-refractivity contribution < 1.29 is 13.6 Å². The molecule has 14 heavy (non-hydrogen) atoms. The summed E-state index contributed by atoms with van der Waals surface area (Å²) in [6.45, 7) is 3.54. The fraction of sp³-hybridized carbons (Fsp3) is 0.300. The first kappa shape index (κ1) is 10.6. The van der Waals surface area contributed by atoms with E-state index in [9.17, 15) is 13.6 Å². The van der Waals surface area contributed by atoms with Crippen molar-refractivity contribution in [2.24, 2.45) is 0 Å². The van der Waals surface area contributed by atoms with E-state index in [2.05, 4.69) is 5.32 Å². The Balaban J connectivity index is 2.90. The maximum absolute atomic E-state index is 12.7. The van der Waals surface area contributed by atoms with E-state index in [0.717, 1.165) is 18.2 Å². The molecule has 0 spiro atoms. The number of hydrogen-bond donors (Lipinski definition) is 1. The Hall–Kier alpha value is -1.45. The lowest BCUT2D eigenvalue weighted by Gasteiger charge is -2.08. The summed E-state index contributed by atoms with van der Waals surface area (Å²) in [5.41, 5.74) is -0.00352. The Kier molecular flexibility index (Phi) is 3.17. The Bertz CT molecular complexity index is 330. The average Bonchev–Trinajstić information content (AvgIpc) is 2.00. The molecule has 1 aromatic carbocycles. The van der Waals surface area contributed by atoms with Gasteiger partial charge >= 0.3 is 0 Å². The minimum absolute atomic E-state index is 0.00352. The van der Waals surface area contributed by atoms with Gasteiger partial charge < -0.3 is 5.32 Å². The molecule has 1 amide bonds. The molecule has 0 aliphatic heterocycles. The zero-order chi connectivity index (χ0) is 10.7. The third-order valence-electron chi connectivity index (χ3n) is 1.54. The topological polar surface area (TPSA) is 29.1 Å². The van der Waals surface area contributed by atoms with Gasteiger partial charge in [0, 0.05) is 17.7 Å². The highest BCUT2D eigenvalue weighted by Crippen LogP contribution is 2.07. The van der Waals surface area contributed by atoms with Crippen LogP contribution in [0.2, 0.25) is 0 Å². The third-order valence-corrected chi connectivity index (χ3v) is 1.54. The lowest BCUT2D eigenvalue weighted by molar-refractivity contribution is 0.0942. The molecule has 1 rings (SSSR count). The zero-order valence-electron chi connectivity index (χ0n) is 7.97. The van der Waals surface area contributed by atoms with E-state index in [1.807, 2.05) is 0 Å². The Morgan fingerprint density at radius 3 is 2.14 bits per heavy atom. The number of halogens is 2. The summed E-state index contributed by atoms with van der Waals surface area (Å²) in [6.07, 6.45) is 0. The summed E-state index contributed by atoms with van der Waals surface area (Å²) < 4.78 is 25.4. The van der Waals surface area contributed by atoms with Gasteiger partial charge in [-0.3, -0.25) is 4.79 Å². The Labute approximate surface area is 80.9 Å². The normalized spacial score (nSPS) is 10.4. The molecule has 76 valence electrons. The predicted molar refractivity (Wildman–Crippen MR) is 49.0 cm³/mol. The third kappa shape index (κ3) is 2.80. The van der Waals surface area contributed by atoms with E-state index >= 15 is 0 Å². The highest BCUT2D eigenvalue weighted by Gasteiger charge is 2.09. The molecule has 0 aliphatic carbocycles. The van der Waals surface area contributed by atoms with Crippen LogP contribution in [-0.2, 0) is 0 Å². The molecule has 0 heterocycles. The standard InChI is InChI=1S/C10H11F2NO/c1-6(2)13-10(14)7-3-8(11)5-9(12)4-7/h3-6H,1-2H3,(H,13,14). The molecule has 0 unspecified atom stereocenters. The molecule has 0 atom stereocenters. The van der Waals surface area contributed by atoms with Crippen LogP contribution in [0.3, 0.4) is 0 Å². The van der Waals surface area contributed by atoms with Crippen LogP contribution in [0.25, 0.3) is 0 Å². The van der Waals surface area contributed by atoms with Gasteiger partial charge in [0.05, 0.1) is 0 Å². The second-order valence-electron chi connectivity index (χ2n) is 3.29. The summed E-state index contributed by atoms with van der Waals surface area (Å²) in [6, 6.07) is 2.67. The molecule has 0 fully saturated rings. The lowest BCUT2D eigenvalue weighted by atomic mass is 10.2. The van der Waals surface area contributed by atoms with Gasteiger partial charge in [0.1, 0.15) is 11.6 Å². The fourth-order valence-electron chi connectivity index (χ4n) is 1.03. The Morgan fingerprint density at radius 2 is 1.71 bits per heavy atom. The molecule has 1 N–H and O–H groups in total. The van der Waals surface area contributed by atoms with Crippen LogP contribution in [0.1, 0.15) is 24.2 Å². The highest BCUT2D eigenvalue weighted by molar-refractivity contribution is 5.94. The number of carbonyl (C=O) groups is 1. The van der Waals surface area contributed by atoms with Crippen LogP contribution >= 0.6 is 0 Å². The molecule has 0 saturated heterocycles. The smallest absolute Gasteiger partial charge is 0.251 e. The number of amides is 1. The maximum atomic E-state index is 12.7. The number of hydrogen-bond acceptors (Lipinski definition) is 1. The van der Waals surface area contributed by atoms with Crippen molar-refractivity contribution in [2.45, 2.75) is 19.9 Å². The molecule has 2 nitrogen and oxygen atoms in total. The summed E-state index contributed by atoms with van der Waals surface area (Å²) in [5, 5.41) is 2.54. The minimum atomic E-state index is -0.751. The lowest BCUT2D eigenvalue weighted by Crippen LogP contribution is -2.30. The van der Waals surface area contributed by atoms with Crippen LogP contribution < -0.4 is 5.32 Å². The van der Waals surface area contributed by atoms with Crippen LogP contribution in [0.5, 0.6) is 0 Å². The van der Waals surface area contributed by atoms with Gasteiger partial charge in [0.25, 0.3) is 5.91 Å². The minimum Gasteiger partial charge on any atom is -0.350 e. The molecular weight excluding hydrogens is 188 g/mol. The van der Waals surface area contributed by atoms with E-state index in [0.29, 0.717) is 0 Å². The molecule has 0 radical (unpaired) electrons. The number of carbonyl (C=O) groups excluding carboxylic acids is 1. The van der Waals surface area contributed by atoms with E-state index in [-0.39, 0.29) is 11.6 Å². The molecule has 1 aromatic rings. The van der Waals surface area contributed by atoms with Crippen molar-refractivity contribution in [1.29, 1.82) is 0 Å². The summed E-state index contributed by atoms with van der Waals surface area (Å²) in [7, 11) is 0.